The molecule has 1 fully saturated rings. The minimum atomic E-state index is -4.80. The van der Waals surface area contributed by atoms with Crippen molar-refractivity contribution in [1.29, 1.82) is 0 Å². The van der Waals surface area contributed by atoms with Crippen LogP contribution < -0.4 is 4.90 Å². The third kappa shape index (κ3) is 4.80. The van der Waals surface area contributed by atoms with Crippen molar-refractivity contribution in [3.05, 3.63) is 47.4 Å². The molecule has 35 heavy (non-hydrogen) atoms. The molecular weight excluding hydrogens is 489 g/mol. The number of hydrogen-bond donors (Lipinski definition) is 0. The minimum Gasteiger partial charge on any atom is -0.466 e. The Morgan fingerprint density at radius 2 is 1.83 bits per heavy atom. The van der Waals surface area contributed by atoms with Crippen LogP contribution in [0.15, 0.2) is 35.5 Å². The van der Waals surface area contributed by atoms with Crippen LogP contribution in [0.2, 0.25) is 0 Å². The molecule has 0 aliphatic carbocycles. The third-order valence-corrected chi connectivity index (χ3v) is 7.64. The van der Waals surface area contributed by atoms with Crippen LogP contribution in [-0.4, -0.2) is 71.1 Å². The lowest BCUT2D eigenvalue weighted by Crippen LogP contribution is -2.49. The molecule has 4 rings (SSSR count). The Bertz CT molecular complexity index is 1350. The molecule has 0 saturated carbocycles. The molecule has 0 amide bonds. The number of alkyl halides is 3. The SMILES string of the molecule is CCOC(=O)Cc1c(C)nc2ncnn2c1N1CCN(S(=O)(=O)c2ccccc2C(F)(F)F)CC1. The average molecular weight is 513 g/mol. The number of rotatable bonds is 6. The number of esters is 1. The molecule has 1 aromatic carbocycles. The Labute approximate surface area is 199 Å². The van der Waals surface area contributed by atoms with Gasteiger partial charge in [-0.05, 0) is 26.0 Å². The van der Waals surface area contributed by atoms with E-state index in [9.17, 15) is 26.4 Å². The van der Waals surface area contributed by atoms with Gasteiger partial charge in [-0.1, -0.05) is 12.1 Å². The number of fused-ring (bicyclic) bond motifs is 1. The summed E-state index contributed by atoms with van der Waals surface area (Å²) in [5.41, 5.74) is -0.101. The smallest absolute Gasteiger partial charge is 0.417 e. The van der Waals surface area contributed by atoms with E-state index in [0.717, 1.165) is 22.5 Å². The van der Waals surface area contributed by atoms with Gasteiger partial charge in [-0.3, -0.25) is 4.79 Å². The van der Waals surface area contributed by atoms with Gasteiger partial charge < -0.3 is 9.64 Å². The van der Waals surface area contributed by atoms with Gasteiger partial charge in [0.05, 0.1) is 23.5 Å². The molecule has 0 spiro atoms. The van der Waals surface area contributed by atoms with E-state index in [1.165, 1.54) is 16.9 Å². The predicted molar refractivity (Wildman–Crippen MR) is 118 cm³/mol. The van der Waals surface area contributed by atoms with Crippen molar-refractivity contribution in [2.45, 2.75) is 31.3 Å². The molecule has 1 aliphatic rings. The van der Waals surface area contributed by atoms with Gasteiger partial charge in [0, 0.05) is 37.4 Å². The molecule has 0 N–H and O–H groups in total. The van der Waals surface area contributed by atoms with Crippen molar-refractivity contribution in [1.82, 2.24) is 23.9 Å². The lowest BCUT2D eigenvalue weighted by molar-refractivity contribution is -0.142. The molecule has 0 radical (unpaired) electrons. The molecule has 188 valence electrons. The van der Waals surface area contributed by atoms with E-state index in [1.807, 2.05) is 4.90 Å². The standard InChI is InChI=1S/C21H23F3N6O4S/c1-3-34-18(31)12-15-14(2)27-20-25-13-26-30(20)19(15)28-8-10-29(11-9-28)35(32,33)17-7-5-4-6-16(17)21(22,23)24/h4-7,13H,3,8-12H2,1-2H3. The van der Waals surface area contributed by atoms with Crippen LogP contribution in [0.3, 0.4) is 0 Å². The maximum atomic E-state index is 13.4. The molecule has 14 heteroatoms. The number of ether oxygens (including phenoxy) is 1. The lowest BCUT2D eigenvalue weighted by atomic mass is 10.1. The van der Waals surface area contributed by atoms with Crippen molar-refractivity contribution in [3.8, 4) is 0 Å². The number of benzene rings is 1. The molecule has 3 aromatic rings. The Hall–Kier alpha value is -3.26. The highest BCUT2D eigenvalue weighted by Crippen LogP contribution is 2.35. The van der Waals surface area contributed by atoms with Crippen LogP contribution in [-0.2, 0) is 32.2 Å². The maximum Gasteiger partial charge on any atom is 0.417 e. The number of halogens is 3. The van der Waals surface area contributed by atoms with Gasteiger partial charge in [0.2, 0.25) is 10.0 Å². The molecule has 10 nitrogen and oxygen atoms in total. The highest BCUT2D eigenvalue weighted by atomic mass is 32.2. The fraction of sp³-hybridized carbons (Fsp3) is 0.429. The number of carbonyl (C=O) groups excluding carboxylic acids is 1. The second kappa shape index (κ2) is 9.41. The number of piperazine rings is 1. The maximum absolute atomic E-state index is 13.4. The largest absolute Gasteiger partial charge is 0.466 e. The monoisotopic (exact) mass is 512 g/mol. The van der Waals surface area contributed by atoms with Gasteiger partial charge in [-0.25, -0.2) is 13.4 Å². The number of sulfonamides is 1. The first kappa shape index (κ1) is 24.9. The number of carbonyl (C=O) groups is 1. The van der Waals surface area contributed by atoms with Gasteiger partial charge in [0.25, 0.3) is 5.78 Å². The highest BCUT2D eigenvalue weighted by molar-refractivity contribution is 7.89. The molecular formula is C21H23F3N6O4S. The summed E-state index contributed by atoms with van der Waals surface area (Å²) in [5.74, 6) is 0.369. The molecule has 1 aliphatic heterocycles. The number of aromatic nitrogens is 4. The normalized spacial score (nSPS) is 15.5. The number of hydrogen-bond acceptors (Lipinski definition) is 8. The van der Waals surface area contributed by atoms with Gasteiger partial charge >= 0.3 is 12.1 Å². The summed E-state index contributed by atoms with van der Waals surface area (Å²) >= 11 is 0. The first-order valence-corrected chi connectivity index (χ1v) is 12.2. The lowest BCUT2D eigenvalue weighted by Gasteiger charge is -2.36. The zero-order valence-electron chi connectivity index (χ0n) is 19.0. The van der Waals surface area contributed by atoms with E-state index in [1.54, 1.807) is 13.8 Å². The van der Waals surface area contributed by atoms with E-state index >= 15 is 0 Å². The summed E-state index contributed by atoms with van der Waals surface area (Å²) in [6.07, 6.45) is -3.57. The summed E-state index contributed by atoms with van der Waals surface area (Å²) in [5, 5.41) is 4.20. The van der Waals surface area contributed by atoms with Crippen molar-refractivity contribution < 1.29 is 31.1 Å². The van der Waals surface area contributed by atoms with Gasteiger partial charge in [0.15, 0.2) is 0 Å². The molecule has 3 heterocycles. The van der Waals surface area contributed by atoms with Gasteiger partial charge in [0.1, 0.15) is 12.1 Å². The van der Waals surface area contributed by atoms with Gasteiger partial charge in [-0.2, -0.15) is 32.1 Å². The molecule has 0 bridgehead atoms. The first-order chi connectivity index (χ1) is 16.5. The van der Waals surface area contributed by atoms with Crippen molar-refractivity contribution >= 4 is 27.6 Å². The van der Waals surface area contributed by atoms with Crippen molar-refractivity contribution in [2.24, 2.45) is 0 Å². The average Bonchev–Trinajstić information content (AvgIpc) is 3.27. The summed E-state index contributed by atoms with van der Waals surface area (Å²) in [6.45, 7) is 3.81. The van der Waals surface area contributed by atoms with E-state index in [-0.39, 0.29) is 39.2 Å². The minimum absolute atomic E-state index is 0.0646. The Kier molecular flexibility index (Phi) is 6.68. The topological polar surface area (TPSA) is 110 Å². The van der Waals surface area contributed by atoms with Crippen LogP contribution >= 0.6 is 0 Å². The van der Waals surface area contributed by atoms with E-state index in [4.69, 9.17) is 4.74 Å². The summed E-state index contributed by atoms with van der Waals surface area (Å²) in [4.78, 5) is 21.8. The summed E-state index contributed by atoms with van der Waals surface area (Å²) < 4.78 is 74.1. The molecule has 1 saturated heterocycles. The Balaban J connectivity index is 1.64. The van der Waals surface area contributed by atoms with Crippen LogP contribution in [0.5, 0.6) is 0 Å². The van der Waals surface area contributed by atoms with Crippen LogP contribution in [0.1, 0.15) is 23.7 Å². The highest BCUT2D eigenvalue weighted by Gasteiger charge is 2.40. The second-order valence-electron chi connectivity index (χ2n) is 7.84. The fourth-order valence-electron chi connectivity index (χ4n) is 4.06. The fourth-order valence-corrected chi connectivity index (χ4v) is 5.70. The summed E-state index contributed by atoms with van der Waals surface area (Å²) in [7, 11) is -4.39. The zero-order valence-corrected chi connectivity index (χ0v) is 19.8. The first-order valence-electron chi connectivity index (χ1n) is 10.8. The quantitative estimate of drug-likeness (QED) is 0.462. The second-order valence-corrected chi connectivity index (χ2v) is 9.74. The number of aryl methyl sites for hydroxylation is 1. The van der Waals surface area contributed by atoms with Gasteiger partial charge in [-0.15, -0.1) is 0 Å². The number of anilines is 1. The van der Waals surface area contributed by atoms with Crippen molar-refractivity contribution in [2.75, 3.05) is 37.7 Å². The molecule has 0 unspecified atom stereocenters. The summed E-state index contributed by atoms with van der Waals surface area (Å²) in [6, 6.07) is 4.14. The van der Waals surface area contributed by atoms with E-state index in [2.05, 4.69) is 15.1 Å². The van der Waals surface area contributed by atoms with E-state index in [0.29, 0.717) is 22.9 Å². The van der Waals surface area contributed by atoms with Crippen LogP contribution in [0, 0.1) is 6.92 Å². The Morgan fingerprint density at radius 3 is 2.49 bits per heavy atom. The third-order valence-electron chi connectivity index (χ3n) is 5.68. The van der Waals surface area contributed by atoms with Crippen molar-refractivity contribution in [3.63, 3.8) is 0 Å². The van der Waals surface area contributed by atoms with Crippen LogP contribution in [0.25, 0.3) is 5.78 Å². The van der Waals surface area contributed by atoms with E-state index < -0.39 is 32.6 Å². The predicted octanol–water partition coefficient (Wildman–Crippen LogP) is 2.07. The molecule has 0 atom stereocenters. The molecule has 2 aromatic heterocycles. The van der Waals surface area contributed by atoms with Crippen LogP contribution in [0.4, 0.5) is 19.0 Å². The zero-order chi connectivity index (χ0) is 25.4. The Morgan fingerprint density at radius 1 is 1.14 bits per heavy atom. The number of nitrogens with zero attached hydrogens (tertiary/aromatic N) is 6.